The van der Waals surface area contributed by atoms with E-state index in [1.165, 1.54) is 12.5 Å². The average Bonchev–Trinajstić information content (AvgIpc) is 3.29. The number of allylic oxidation sites excluding steroid dienone is 2. The second-order valence-electron chi connectivity index (χ2n) is 22.9. The van der Waals surface area contributed by atoms with Crippen LogP contribution in [0.3, 0.4) is 0 Å². The van der Waals surface area contributed by atoms with Crippen molar-refractivity contribution in [1.82, 2.24) is 0 Å². The summed E-state index contributed by atoms with van der Waals surface area (Å²) >= 11 is 0. The second-order valence-corrected chi connectivity index (χ2v) is 22.9. The molecule has 3 heterocycles. The summed E-state index contributed by atoms with van der Waals surface area (Å²) in [6, 6.07) is 0. The first-order valence-corrected chi connectivity index (χ1v) is 24.5. The molecule has 12 N–H and O–H groups in total. The fourth-order valence-electron chi connectivity index (χ4n) is 15.2. The number of carbonyl (C=O) groups excluding carboxylic acids is 1. The average molecular weight is 959 g/mol. The maximum absolute atomic E-state index is 15.0. The van der Waals surface area contributed by atoms with Crippen LogP contribution in [0.1, 0.15) is 99.8 Å². The van der Waals surface area contributed by atoms with Crippen LogP contribution < -0.4 is 0 Å². The van der Waals surface area contributed by atoms with E-state index in [1.54, 1.807) is 0 Å². The third-order valence-corrected chi connectivity index (χ3v) is 19.7. The fourth-order valence-corrected chi connectivity index (χ4v) is 15.2. The second kappa shape index (κ2) is 18.5. The molecular formula is C48H78O19. The number of ether oxygens (including phenoxy) is 6. The molecule has 67 heavy (non-hydrogen) atoms. The SMILES string of the molecule is CC1O[C@@H](O[C@H]2C(CO)O[C@@H](OCC3O[C@@H](OC(=O)[C@]45CC[C@@H](C)[C@H](C)[C@H]4C4=CC[C@@H]6[C@@]7(C)C[C@@H](O)[C@H](O)[C@@](C)(CO)[C@@H]7CC[C@@]6(C)[C@]4(C)CC5)C(O)[C@@H](O)[C@H]3O)C(O)[C@H]2O)C(O)[C@@H](O)[C@H]1O. The number of hydrogen-bond donors (Lipinski definition) is 12. The molecule has 0 aromatic carbocycles. The molecule has 3 saturated heterocycles. The number of hydrogen-bond acceptors (Lipinski definition) is 19. The summed E-state index contributed by atoms with van der Waals surface area (Å²) in [5, 5.41) is 130. The Balaban J connectivity index is 0.985. The Kier molecular flexibility index (Phi) is 14.4. The molecule has 19 heteroatoms. The van der Waals surface area contributed by atoms with E-state index in [4.69, 9.17) is 28.4 Å². The van der Waals surface area contributed by atoms with E-state index >= 15 is 4.79 Å². The number of carbonyl (C=O) groups is 1. The summed E-state index contributed by atoms with van der Waals surface area (Å²) in [7, 11) is 0. The lowest BCUT2D eigenvalue weighted by Crippen LogP contribution is -2.68. The van der Waals surface area contributed by atoms with Crippen LogP contribution in [0.4, 0.5) is 0 Å². The molecule has 0 radical (unpaired) electrons. The van der Waals surface area contributed by atoms with E-state index in [1.807, 2.05) is 6.92 Å². The topological polar surface area (TPSA) is 315 Å². The van der Waals surface area contributed by atoms with Crippen molar-refractivity contribution in [2.75, 3.05) is 19.8 Å². The van der Waals surface area contributed by atoms with E-state index in [-0.39, 0.29) is 52.4 Å². The summed E-state index contributed by atoms with van der Waals surface area (Å²) < 4.78 is 34.7. The van der Waals surface area contributed by atoms with Gasteiger partial charge in [0.2, 0.25) is 6.29 Å². The molecule has 5 aliphatic carbocycles. The third kappa shape index (κ3) is 7.92. The van der Waals surface area contributed by atoms with E-state index in [0.29, 0.717) is 32.1 Å². The quantitative estimate of drug-likeness (QED) is 0.0971. The highest BCUT2D eigenvalue weighted by Gasteiger charge is 2.71. The van der Waals surface area contributed by atoms with Crippen LogP contribution in [0.15, 0.2) is 11.6 Å². The summed E-state index contributed by atoms with van der Waals surface area (Å²) in [5.74, 6) is -0.386. The van der Waals surface area contributed by atoms with Crippen molar-refractivity contribution in [2.45, 2.75) is 204 Å². The molecular weight excluding hydrogens is 881 g/mol. The van der Waals surface area contributed by atoms with Gasteiger partial charge >= 0.3 is 5.97 Å². The zero-order valence-electron chi connectivity index (χ0n) is 39.8. The Labute approximate surface area is 392 Å². The van der Waals surface area contributed by atoms with Crippen molar-refractivity contribution in [1.29, 1.82) is 0 Å². The molecule has 0 spiro atoms. The van der Waals surface area contributed by atoms with Crippen LogP contribution in [0, 0.1) is 56.7 Å². The first-order chi connectivity index (χ1) is 31.4. The van der Waals surface area contributed by atoms with E-state index in [2.05, 4.69) is 40.7 Å². The normalized spacial score (nSPS) is 56.7. The van der Waals surface area contributed by atoms with Gasteiger partial charge in [-0.15, -0.1) is 0 Å². The molecule has 0 aromatic rings. The number of aliphatic hydroxyl groups excluding tert-OH is 12. The zero-order chi connectivity index (χ0) is 49.1. The van der Waals surface area contributed by atoms with Gasteiger partial charge in [0.05, 0.1) is 43.5 Å². The van der Waals surface area contributed by atoms with E-state index < -0.39 is 134 Å². The summed E-state index contributed by atoms with van der Waals surface area (Å²) in [6.45, 7) is 13.0. The predicted octanol–water partition coefficient (Wildman–Crippen LogP) is -1.03. The minimum Gasteiger partial charge on any atom is -0.432 e. The zero-order valence-corrected chi connectivity index (χ0v) is 39.8. The maximum Gasteiger partial charge on any atom is 0.315 e. The molecule has 384 valence electrons. The third-order valence-electron chi connectivity index (χ3n) is 19.7. The number of fused-ring (bicyclic) bond motifs is 7. The van der Waals surface area contributed by atoms with Crippen LogP contribution in [-0.2, 0) is 33.2 Å². The Morgan fingerprint density at radius 3 is 2.01 bits per heavy atom. The summed E-state index contributed by atoms with van der Waals surface area (Å²) in [4.78, 5) is 15.0. The fraction of sp³-hybridized carbons (Fsp3) is 0.938. The maximum atomic E-state index is 15.0. The van der Waals surface area contributed by atoms with Crippen LogP contribution in [-0.4, -0.2) is 191 Å². The van der Waals surface area contributed by atoms with Gasteiger partial charge in [-0.2, -0.15) is 0 Å². The molecule has 4 saturated carbocycles. The van der Waals surface area contributed by atoms with Crippen LogP contribution in [0.25, 0.3) is 0 Å². The Hall–Kier alpha value is -1.47. The van der Waals surface area contributed by atoms with E-state index in [9.17, 15) is 61.3 Å². The molecule has 3 aliphatic heterocycles. The molecule has 0 aromatic heterocycles. The molecule has 0 amide bonds. The Bertz CT molecular complexity index is 1820. The molecule has 8 aliphatic rings. The van der Waals surface area contributed by atoms with E-state index in [0.717, 1.165) is 19.3 Å². The lowest BCUT2D eigenvalue weighted by molar-refractivity contribution is -0.361. The van der Waals surface area contributed by atoms with Gasteiger partial charge < -0.3 is 89.7 Å². The van der Waals surface area contributed by atoms with Gasteiger partial charge in [0.15, 0.2) is 12.6 Å². The van der Waals surface area contributed by atoms with Crippen LogP contribution >= 0.6 is 0 Å². The van der Waals surface area contributed by atoms with Gasteiger partial charge in [-0.25, -0.2) is 0 Å². The summed E-state index contributed by atoms with van der Waals surface area (Å²) in [6.07, 6.45) is -18.9. The standard InChI is InChI=1S/C48H78O19/c1-20-10-13-48(15-14-46(6)23(29(48)21(20)2)8-9-28-44(4)16-24(51)39(60)45(5,19-50)27(44)11-12-47(28,46)7)43(61)67-42-36(58)33(55)31(53)26(65-42)18-62-40-37(59)34(56)38(25(17-49)64-40)66-41-35(57)32(54)30(52)22(3)63-41/h8,20-22,24-42,49-60H,9-19H2,1-7H3/t20-,21+,22?,24-,25?,26?,27-,28-,29+,30+,31+,32+,33+,34-,35?,36?,37?,38+,39+,40-,41+,42+,44+,45+,46-,47-,48+/m1/s1. The molecule has 27 atom stereocenters. The lowest BCUT2D eigenvalue weighted by Gasteiger charge is -2.71. The van der Waals surface area contributed by atoms with Gasteiger partial charge in [0.25, 0.3) is 0 Å². The predicted molar refractivity (Wildman–Crippen MR) is 231 cm³/mol. The largest absolute Gasteiger partial charge is 0.432 e. The first-order valence-electron chi connectivity index (χ1n) is 24.5. The molecule has 7 fully saturated rings. The van der Waals surface area contributed by atoms with Crippen molar-refractivity contribution >= 4 is 5.97 Å². The van der Waals surface area contributed by atoms with Crippen molar-refractivity contribution in [2.24, 2.45) is 56.7 Å². The van der Waals surface area contributed by atoms with Crippen molar-refractivity contribution in [3.05, 3.63) is 11.6 Å². The Morgan fingerprint density at radius 1 is 0.701 bits per heavy atom. The number of rotatable bonds is 9. The smallest absolute Gasteiger partial charge is 0.315 e. The van der Waals surface area contributed by atoms with Crippen LogP contribution in [0.2, 0.25) is 0 Å². The van der Waals surface area contributed by atoms with Gasteiger partial charge in [0, 0.05) is 5.41 Å². The van der Waals surface area contributed by atoms with Crippen molar-refractivity contribution in [3.63, 3.8) is 0 Å². The van der Waals surface area contributed by atoms with Crippen LogP contribution in [0.5, 0.6) is 0 Å². The van der Waals surface area contributed by atoms with Gasteiger partial charge in [-0.05, 0) is 104 Å². The highest BCUT2D eigenvalue weighted by atomic mass is 16.8. The number of aliphatic hydroxyl groups is 12. The molecule has 19 nitrogen and oxygen atoms in total. The van der Waals surface area contributed by atoms with Gasteiger partial charge in [-0.3, -0.25) is 4.79 Å². The highest BCUT2D eigenvalue weighted by molar-refractivity contribution is 5.79. The molecule has 6 unspecified atom stereocenters. The summed E-state index contributed by atoms with van der Waals surface area (Å²) in [5.41, 5.74) is -1.64. The Morgan fingerprint density at radius 2 is 1.34 bits per heavy atom. The first kappa shape index (κ1) is 51.9. The minimum atomic E-state index is -1.86. The minimum absolute atomic E-state index is 0.0112. The number of esters is 1. The molecule has 8 rings (SSSR count). The van der Waals surface area contributed by atoms with Crippen molar-refractivity contribution in [3.8, 4) is 0 Å². The monoisotopic (exact) mass is 959 g/mol. The van der Waals surface area contributed by atoms with Gasteiger partial charge in [0.1, 0.15) is 67.1 Å². The van der Waals surface area contributed by atoms with Crippen molar-refractivity contribution < 1.29 is 94.5 Å². The van der Waals surface area contributed by atoms with Gasteiger partial charge in [-0.1, -0.05) is 53.2 Å². The highest BCUT2D eigenvalue weighted by Crippen LogP contribution is 2.76. The molecule has 0 bridgehead atoms. The lowest BCUT2D eigenvalue weighted by atomic mass is 9.33.